The Hall–Kier alpha value is -1.61. The van der Waals surface area contributed by atoms with E-state index in [0.717, 1.165) is 22.9 Å². The molecule has 2 aromatic rings. The Morgan fingerprint density at radius 1 is 1.19 bits per heavy atom. The number of nitrogens with two attached hydrogens (primary N) is 1. The van der Waals surface area contributed by atoms with Gasteiger partial charge in [-0.2, -0.15) is 0 Å². The molecule has 0 saturated carbocycles. The molecule has 2 rings (SSSR count). The van der Waals surface area contributed by atoms with Gasteiger partial charge in [-0.15, -0.1) is 0 Å². The third kappa shape index (κ3) is 2.14. The lowest BCUT2D eigenvalue weighted by Gasteiger charge is -1.98. The van der Waals surface area contributed by atoms with Gasteiger partial charge in [-0.1, -0.05) is 29.8 Å². The van der Waals surface area contributed by atoms with Crippen LogP contribution in [0.5, 0.6) is 0 Å². The van der Waals surface area contributed by atoms with Gasteiger partial charge in [0.15, 0.2) is 11.7 Å². The molecule has 2 N–H and O–H groups in total. The Labute approximate surface area is 95.3 Å². The van der Waals surface area contributed by atoms with E-state index in [0.29, 0.717) is 13.0 Å². The van der Waals surface area contributed by atoms with Crippen LogP contribution in [0.3, 0.4) is 0 Å². The van der Waals surface area contributed by atoms with Crippen LogP contribution in [-0.4, -0.2) is 11.5 Å². The minimum atomic E-state index is 0.563. The van der Waals surface area contributed by atoms with Crippen LogP contribution >= 0.6 is 0 Å². The van der Waals surface area contributed by atoms with Gasteiger partial charge in [0.1, 0.15) is 0 Å². The quantitative estimate of drug-likeness (QED) is 0.857. The fourth-order valence-electron chi connectivity index (χ4n) is 1.66. The third-order valence-corrected chi connectivity index (χ3v) is 2.51. The summed E-state index contributed by atoms with van der Waals surface area (Å²) >= 11 is 0. The van der Waals surface area contributed by atoms with Crippen LogP contribution in [0, 0.1) is 13.8 Å². The standard InChI is InChI=1S/C13H16N2O/c1-9-3-5-11(6-4-9)13-10(2)15-12(16-13)7-8-14/h3-6H,7-8,14H2,1-2H3. The van der Waals surface area contributed by atoms with E-state index in [1.807, 2.05) is 6.92 Å². The molecular weight excluding hydrogens is 200 g/mol. The molecule has 3 heteroatoms. The van der Waals surface area contributed by atoms with E-state index in [2.05, 4.69) is 36.2 Å². The monoisotopic (exact) mass is 216 g/mol. The van der Waals surface area contributed by atoms with Crippen molar-refractivity contribution in [2.24, 2.45) is 5.73 Å². The highest BCUT2D eigenvalue weighted by molar-refractivity contribution is 5.59. The molecule has 84 valence electrons. The Balaban J connectivity index is 2.36. The predicted molar refractivity (Wildman–Crippen MR) is 64.2 cm³/mol. The second-order valence-electron chi connectivity index (χ2n) is 3.93. The van der Waals surface area contributed by atoms with Crippen molar-refractivity contribution in [3.63, 3.8) is 0 Å². The maximum absolute atomic E-state index is 5.69. The van der Waals surface area contributed by atoms with Gasteiger partial charge in [-0.25, -0.2) is 4.98 Å². The van der Waals surface area contributed by atoms with E-state index in [-0.39, 0.29) is 0 Å². The van der Waals surface area contributed by atoms with Gasteiger partial charge in [-0.05, 0) is 13.8 Å². The Bertz CT molecular complexity index is 471. The summed E-state index contributed by atoms with van der Waals surface area (Å²) in [6.45, 7) is 4.59. The summed E-state index contributed by atoms with van der Waals surface area (Å²) in [5.41, 5.74) is 8.71. The maximum atomic E-state index is 5.69. The number of rotatable bonds is 3. The molecule has 1 aromatic heterocycles. The second kappa shape index (κ2) is 4.49. The normalized spacial score (nSPS) is 10.7. The van der Waals surface area contributed by atoms with Crippen LogP contribution in [0.2, 0.25) is 0 Å². The average molecular weight is 216 g/mol. The van der Waals surface area contributed by atoms with Gasteiger partial charge in [0.25, 0.3) is 0 Å². The first-order valence-corrected chi connectivity index (χ1v) is 5.44. The van der Waals surface area contributed by atoms with Crippen molar-refractivity contribution in [3.8, 4) is 11.3 Å². The molecule has 0 aliphatic carbocycles. The summed E-state index contributed by atoms with van der Waals surface area (Å²) in [4.78, 5) is 4.35. The topological polar surface area (TPSA) is 52.0 Å². The third-order valence-electron chi connectivity index (χ3n) is 2.51. The molecular formula is C13H16N2O. The number of nitrogens with zero attached hydrogens (tertiary/aromatic N) is 1. The lowest BCUT2D eigenvalue weighted by Crippen LogP contribution is -2.02. The van der Waals surface area contributed by atoms with Crippen molar-refractivity contribution in [1.29, 1.82) is 0 Å². The van der Waals surface area contributed by atoms with E-state index in [1.165, 1.54) is 5.56 Å². The molecule has 0 spiro atoms. The molecule has 0 amide bonds. The Kier molecular flexibility index (Phi) is 3.06. The molecule has 0 aliphatic heterocycles. The zero-order valence-electron chi connectivity index (χ0n) is 9.66. The fraction of sp³-hybridized carbons (Fsp3) is 0.308. The number of oxazole rings is 1. The van der Waals surface area contributed by atoms with Gasteiger partial charge in [0, 0.05) is 18.5 Å². The van der Waals surface area contributed by atoms with Crippen LogP contribution in [0.1, 0.15) is 17.1 Å². The summed E-state index contributed by atoms with van der Waals surface area (Å²) < 4.78 is 5.69. The zero-order valence-corrected chi connectivity index (χ0v) is 9.66. The van der Waals surface area contributed by atoms with Crippen molar-refractivity contribution in [1.82, 2.24) is 4.98 Å². The molecule has 0 radical (unpaired) electrons. The smallest absolute Gasteiger partial charge is 0.196 e. The van der Waals surface area contributed by atoms with Gasteiger partial charge < -0.3 is 10.2 Å². The minimum absolute atomic E-state index is 0.563. The molecule has 3 nitrogen and oxygen atoms in total. The zero-order chi connectivity index (χ0) is 11.5. The summed E-state index contributed by atoms with van der Waals surface area (Å²) in [5.74, 6) is 1.57. The highest BCUT2D eigenvalue weighted by Crippen LogP contribution is 2.24. The molecule has 0 bridgehead atoms. The average Bonchev–Trinajstić information content (AvgIpc) is 2.61. The lowest BCUT2D eigenvalue weighted by molar-refractivity contribution is 0.508. The van der Waals surface area contributed by atoms with Gasteiger partial charge in [-0.3, -0.25) is 0 Å². The number of benzene rings is 1. The second-order valence-corrected chi connectivity index (χ2v) is 3.93. The number of aryl methyl sites for hydroxylation is 2. The lowest BCUT2D eigenvalue weighted by atomic mass is 10.1. The Morgan fingerprint density at radius 3 is 2.50 bits per heavy atom. The van der Waals surface area contributed by atoms with E-state index in [1.54, 1.807) is 0 Å². The Morgan fingerprint density at radius 2 is 1.88 bits per heavy atom. The maximum Gasteiger partial charge on any atom is 0.196 e. The van der Waals surface area contributed by atoms with E-state index in [4.69, 9.17) is 10.2 Å². The summed E-state index contributed by atoms with van der Waals surface area (Å²) in [5, 5.41) is 0. The first-order valence-electron chi connectivity index (χ1n) is 5.44. The highest BCUT2D eigenvalue weighted by atomic mass is 16.4. The van der Waals surface area contributed by atoms with Crippen LogP contribution in [0.25, 0.3) is 11.3 Å². The van der Waals surface area contributed by atoms with Crippen molar-refractivity contribution in [2.75, 3.05) is 6.54 Å². The molecule has 0 atom stereocenters. The number of hydrogen-bond acceptors (Lipinski definition) is 3. The molecule has 1 heterocycles. The molecule has 0 unspecified atom stereocenters. The van der Waals surface area contributed by atoms with Crippen LogP contribution < -0.4 is 5.73 Å². The van der Waals surface area contributed by atoms with Crippen molar-refractivity contribution in [2.45, 2.75) is 20.3 Å². The van der Waals surface area contributed by atoms with E-state index < -0.39 is 0 Å². The number of hydrogen-bond donors (Lipinski definition) is 1. The first kappa shape index (κ1) is 10.9. The SMILES string of the molecule is Cc1ccc(-c2oc(CCN)nc2C)cc1. The fourth-order valence-corrected chi connectivity index (χ4v) is 1.66. The van der Waals surface area contributed by atoms with Crippen LogP contribution in [0.15, 0.2) is 28.7 Å². The molecule has 0 aliphatic rings. The van der Waals surface area contributed by atoms with Crippen molar-refractivity contribution >= 4 is 0 Å². The summed E-state index contributed by atoms with van der Waals surface area (Å²) in [6, 6.07) is 8.24. The van der Waals surface area contributed by atoms with E-state index in [9.17, 15) is 0 Å². The molecule has 16 heavy (non-hydrogen) atoms. The van der Waals surface area contributed by atoms with Gasteiger partial charge in [0.2, 0.25) is 0 Å². The van der Waals surface area contributed by atoms with E-state index >= 15 is 0 Å². The van der Waals surface area contributed by atoms with Crippen molar-refractivity contribution < 1.29 is 4.42 Å². The van der Waals surface area contributed by atoms with Crippen molar-refractivity contribution in [3.05, 3.63) is 41.4 Å². The van der Waals surface area contributed by atoms with Gasteiger partial charge in [0.05, 0.1) is 5.69 Å². The highest BCUT2D eigenvalue weighted by Gasteiger charge is 2.10. The number of aromatic nitrogens is 1. The molecule has 0 saturated heterocycles. The summed E-state index contributed by atoms with van der Waals surface area (Å²) in [6.07, 6.45) is 0.687. The molecule has 0 fully saturated rings. The predicted octanol–water partition coefficient (Wildman–Crippen LogP) is 2.46. The van der Waals surface area contributed by atoms with Crippen LogP contribution in [0.4, 0.5) is 0 Å². The first-order chi connectivity index (χ1) is 7.70. The largest absolute Gasteiger partial charge is 0.440 e. The van der Waals surface area contributed by atoms with Crippen LogP contribution in [-0.2, 0) is 6.42 Å². The molecule has 1 aromatic carbocycles. The minimum Gasteiger partial charge on any atom is -0.440 e. The van der Waals surface area contributed by atoms with Gasteiger partial charge >= 0.3 is 0 Å². The summed E-state index contributed by atoms with van der Waals surface area (Å²) in [7, 11) is 0.